The van der Waals surface area contributed by atoms with Gasteiger partial charge in [0.2, 0.25) is 0 Å². The van der Waals surface area contributed by atoms with Crippen molar-refractivity contribution in [3.63, 3.8) is 0 Å². The first-order valence-electron chi connectivity index (χ1n) is 8.91. The molecular formula is C19H21Cl2N3O4. The molecule has 0 spiro atoms. The Morgan fingerprint density at radius 2 is 1.86 bits per heavy atom. The lowest BCUT2D eigenvalue weighted by molar-refractivity contribution is -0.199. The number of fused-ring (bicyclic) bond motifs is 2. The zero-order chi connectivity index (χ0) is 20.4. The second-order valence-corrected chi connectivity index (χ2v) is 8.49. The molecule has 9 heteroatoms. The topological polar surface area (TPSA) is 79.9 Å². The van der Waals surface area contributed by atoms with Crippen LogP contribution in [0.2, 0.25) is 10.0 Å². The Labute approximate surface area is 172 Å². The maximum Gasteiger partial charge on any atom is 0.165 e. The van der Waals surface area contributed by atoms with Gasteiger partial charge in [-0.3, -0.25) is 4.57 Å². The van der Waals surface area contributed by atoms with E-state index < -0.39 is 30.3 Å². The summed E-state index contributed by atoms with van der Waals surface area (Å²) in [5.41, 5.74) is 1.16. The highest BCUT2D eigenvalue weighted by molar-refractivity contribution is 6.42. The number of rotatable bonds is 3. The van der Waals surface area contributed by atoms with E-state index in [1.807, 2.05) is 37.4 Å². The predicted octanol–water partition coefficient (Wildman–Crippen LogP) is 3.30. The van der Waals surface area contributed by atoms with E-state index in [9.17, 15) is 10.4 Å². The van der Waals surface area contributed by atoms with Gasteiger partial charge in [-0.25, -0.2) is 0 Å². The third-order valence-electron chi connectivity index (χ3n) is 5.11. The van der Waals surface area contributed by atoms with Crippen LogP contribution < -0.4 is 4.90 Å². The Morgan fingerprint density at radius 3 is 2.46 bits per heavy atom. The lowest BCUT2D eigenvalue weighted by Crippen LogP contribution is -2.31. The van der Waals surface area contributed by atoms with Gasteiger partial charge in [-0.2, -0.15) is 5.26 Å². The minimum atomic E-state index is -0.801. The van der Waals surface area contributed by atoms with Gasteiger partial charge in [0.25, 0.3) is 0 Å². The molecule has 28 heavy (non-hydrogen) atoms. The molecule has 1 N–H and O–H groups in total. The standard InChI is InChI=1S/C19H21Cl2N3O4/c1-19(2)27-15-14(8-25)26-18(16(15)28-19)24-13-6-12(21)11(20)5-9(13)10(7-22)17(24)23(3)4/h5-6,14-16,18,25H,8H2,1-4H3/t14-,15?,16?,18-/m1/s1. The first-order chi connectivity index (χ1) is 13.2. The number of nitrogens with zero attached hydrogens (tertiary/aromatic N) is 3. The summed E-state index contributed by atoms with van der Waals surface area (Å²) in [5, 5.41) is 21.1. The van der Waals surface area contributed by atoms with Gasteiger partial charge in [0.05, 0.1) is 22.2 Å². The molecule has 4 atom stereocenters. The monoisotopic (exact) mass is 425 g/mol. The average Bonchev–Trinajstić information content (AvgIpc) is 3.21. The number of hydrogen-bond donors (Lipinski definition) is 1. The van der Waals surface area contributed by atoms with E-state index in [1.165, 1.54) is 0 Å². The maximum atomic E-state index is 9.85. The molecule has 3 heterocycles. The summed E-state index contributed by atoms with van der Waals surface area (Å²) in [4.78, 5) is 1.84. The van der Waals surface area contributed by atoms with Crippen molar-refractivity contribution in [1.82, 2.24) is 4.57 Å². The van der Waals surface area contributed by atoms with Crippen molar-refractivity contribution in [1.29, 1.82) is 5.26 Å². The second kappa shape index (κ2) is 6.77. The first kappa shape index (κ1) is 19.8. The molecule has 2 unspecified atom stereocenters. The number of aliphatic hydroxyl groups excluding tert-OH is 1. The molecule has 0 aliphatic carbocycles. The Balaban J connectivity index is 1.97. The van der Waals surface area contributed by atoms with Crippen molar-refractivity contribution < 1.29 is 19.3 Å². The number of aliphatic hydroxyl groups is 1. The third-order valence-corrected chi connectivity index (χ3v) is 5.84. The van der Waals surface area contributed by atoms with Gasteiger partial charge in [0.15, 0.2) is 12.0 Å². The number of benzene rings is 1. The molecular weight excluding hydrogens is 405 g/mol. The molecule has 150 valence electrons. The van der Waals surface area contributed by atoms with E-state index in [2.05, 4.69) is 6.07 Å². The summed E-state index contributed by atoms with van der Waals surface area (Å²) in [7, 11) is 3.70. The van der Waals surface area contributed by atoms with Crippen molar-refractivity contribution in [3.05, 3.63) is 27.7 Å². The van der Waals surface area contributed by atoms with E-state index in [1.54, 1.807) is 12.1 Å². The van der Waals surface area contributed by atoms with Crippen LogP contribution in [0.1, 0.15) is 25.6 Å². The molecule has 0 amide bonds. The molecule has 0 saturated carbocycles. The van der Waals surface area contributed by atoms with Crippen LogP contribution in [0.25, 0.3) is 10.9 Å². The van der Waals surface area contributed by atoms with Gasteiger partial charge < -0.3 is 24.2 Å². The molecule has 0 radical (unpaired) electrons. The largest absolute Gasteiger partial charge is 0.394 e. The number of hydrogen-bond acceptors (Lipinski definition) is 6. The fourth-order valence-corrected chi connectivity index (χ4v) is 4.43. The Kier molecular flexibility index (Phi) is 4.78. The highest BCUT2D eigenvalue weighted by Crippen LogP contribution is 2.47. The lowest BCUT2D eigenvalue weighted by atomic mass is 10.1. The molecule has 2 fully saturated rings. The quantitative estimate of drug-likeness (QED) is 0.812. The Morgan fingerprint density at radius 1 is 1.21 bits per heavy atom. The highest BCUT2D eigenvalue weighted by Gasteiger charge is 2.56. The summed E-state index contributed by atoms with van der Waals surface area (Å²) in [6, 6.07) is 5.68. The summed E-state index contributed by atoms with van der Waals surface area (Å²) >= 11 is 12.5. The molecule has 0 bridgehead atoms. The number of anilines is 1. The first-order valence-corrected chi connectivity index (χ1v) is 9.66. The molecule has 2 saturated heterocycles. The van der Waals surface area contributed by atoms with Crippen LogP contribution in [0.3, 0.4) is 0 Å². The van der Waals surface area contributed by atoms with E-state index >= 15 is 0 Å². The molecule has 2 aromatic rings. The highest BCUT2D eigenvalue weighted by atomic mass is 35.5. The van der Waals surface area contributed by atoms with Crippen LogP contribution in [-0.4, -0.2) is 54.5 Å². The fraction of sp³-hybridized carbons (Fsp3) is 0.526. The van der Waals surface area contributed by atoms with Gasteiger partial charge in [-0.05, 0) is 26.0 Å². The maximum absolute atomic E-state index is 9.85. The molecule has 1 aromatic heterocycles. The fourth-order valence-electron chi connectivity index (χ4n) is 4.11. The summed E-state index contributed by atoms with van der Waals surface area (Å²) in [6.45, 7) is 3.45. The van der Waals surface area contributed by atoms with Crippen LogP contribution in [0.5, 0.6) is 0 Å². The number of nitriles is 1. The van der Waals surface area contributed by atoms with Gasteiger partial charge in [0.1, 0.15) is 35.8 Å². The van der Waals surface area contributed by atoms with Crippen molar-refractivity contribution in [2.45, 2.75) is 44.2 Å². The SMILES string of the molecule is CN(C)c1c(C#N)c2cc(Cl)c(Cl)cc2n1[C@@H]1O[C@H](CO)C2OC(C)(C)OC21. The van der Waals surface area contributed by atoms with E-state index in [0.29, 0.717) is 32.3 Å². The molecule has 2 aliphatic heterocycles. The average molecular weight is 426 g/mol. The molecule has 2 aliphatic rings. The van der Waals surface area contributed by atoms with Gasteiger partial charge in [-0.1, -0.05) is 23.2 Å². The second-order valence-electron chi connectivity index (χ2n) is 7.67. The zero-order valence-corrected chi connectivity index (χ0v) is 17.5. The summed E-state index contributed by atoms with van der Waals surface area (Å²) < 4.78 is 20.1. The normalized spacial score (nSPS) is 28.5. The van der Waals surface area contributed by atoms with Crippen LogP contribution >= 0.6 is 23.2 Å². The molecule has 1 aromatic carbocycles. The lowest BCUT2D eigenvalue weighted by Gasteiger charge is -2.27. The van der Waals surface area contributed by atoms with E-state index in [-0.39, 0.29) is 6.61 Å². The number of ether oxygens (including phenoxy) is 3. The minimum absolute atomic E-state index is 0.203. The number of aromatic nitrogens is 1. The Hall–Kier alpha value is -1.53. The van der Waals surface area contributed by atoms with Crippen molar-refractivity contribution in [2.24, 2.45) is 0 Å². The van der Waals surface area contributed by atoms with Crippen molar-refractivity contribution in [2.75, 3.05) is 25.6 Å². The van der Waals surface area contributed by atoms with Crippen LogP contribution in [-0.2, 0) is 14.2 Å². The third kappa shape index (κ3) is 2.88. The van der Waals surface area contributed by atoms with Gasteiger partial charge >= 0.3 is 0 Å². The van der Waals surface area contributed by atoms with Gasteiger partial charge in [-0.15, -0.1) is 0 Å². The van der Waals surface area contributed by atoms with Crippen molar-refractivity contribution >= 4 is 39.9 Å². The van der Waals surface area contributed by atoms with Crippen molar-refractivity contribution in [3.8, 4) is 6.07 Å². The van der Waals surface area contributed by atoms with Crippen LogP contribution in [0.15, 0.2) is 12.1 Å². The molecule has 4 rings (SSSR count). The minimum Gasteiger partial charge on any atom is -0.394 e. The van der Waals surface area contributed by atoms with Gasteiger partial charge in [0, 0.05) is 19.5 Å². The summed E-state index contributed by atoms with van der Waals surface area (Å²) in [6.07, 6.45) is -2.03. The number of halogens is 2. The van der Waals surface area contributed by atoms with E-state index in [4.69, 9.17) is 37.4 Å². The smallest absolute Gasteiger partial charge is 0.165 e. The molecule has 7 nitrogen and oxygen atoms in total. The summed E-state index contributed by atoms with van der Waals surface area (Å²) in [5.74, 6) is -0.156. The van der Waals surface area contributed by atoms with E-state index in [0.717, 1.165) is 0 Å². The van der Waals surface area contributed by atoms with Crippen LogP contribution in [0, 0.1) is 11.3 Å². The zero-order valence-electron chi connectivity index (χ0n) is 15.9. The predicted molar refractivity (Wildman–Crippen MR) is 106 cm³/mol. The Bertz CT molecular complexity index is 982. The van der Waals surface area contributed by atoms with Crippen LogP contribution in [0.4, 0.5) is 5.82 Å².